The predicted molar refractivity (Wildman–Crippen MR) is 109 cm³/mol. The normalized spacial score (nSPS) is 23.8. The molecule has 0 saturated heterocycles. The van der Waals surface area contributed by atoms with E-state index in [0.29, 0.717) is 31.5 Å². The van der Waals surface area contributed by atoms with Crippen molar-refractivity contribution in [2.75, 3.05) is 13.2 Å². The molecule has 1 aromatic carbocycles. The fraction of sp³-hybridized carbons (Fsp3) is 0.476. The van der Waals surface area contributed by atoms with Crippen molar-refractivity contribution < 1.29 is 29.3 Å². The van der Waals surface area contributed by atoms with Gasteiger partial charge < -0.3 is 30.3 Å². The lowest BCUT2D eigenvalue weighted by Gasteiger charge is -2.41. The van der Waals surface area contributed by atoms with E-state index in [2.05, 4.69) is 15.6 Å². The highest BCUT2D eigenvalue weighted by molar-refractivity contribution is 6.02. The van der Waals surface area contributed by atoms with Gasteiger partial charge in [-0.05, 0) is 38.2 Å². The molecule has 162 valence electrons. The Balaban J connectivity index is 1.73. The molecule has 9 nitrogen and oxygen atoms in total. The Morgan fingerprint density at radius 1 is 1.23 bits per heavy atom. The van der Waals surface area contributed by atoms with Crippen LogP contribution in [0.25, 0.3) is 0 Å². The monoisotopic (exact) mass is 417 g/mol. The summed E-state index contributed by atoms with van der Waals surface area (Å²) in [6.07, 6.45) is 0.595. The topological polar surface area (TPSA) is 129 Å². The van der Waals surface area contributed by atoms with Crippen molar-refractivity contribution in [1.82, 2.24) is 10.6 Å². The fourth-order valence-corrected chi connectivity index (χ4v) is 3.58. The highest BCUT2D eigenvalue weighted by Gasteiger charge is 2.43. The number of esters is 1. The highest BCUT2D eigenvalue weighted by atomic mass is 16.5. The molecule has 3 rings (SSSR count). The summed E-state index contributed by atoms with van der Waals surface area (Å²) in [6.45, 7) is 1.83. The molecular weight excluding hydrogens is 390 g/mol. The first-order chi connectivity index (χ1) is 14.4. The zero-order chi connectivity index (χ0) is 21.6. The third-order valence-electron chi connectivity index (χ3n) is 5.21. The zero-order valence-electron chi connectivity index (χ0n) is 16.9. The lowest BCUT2D eigenvalue weighted by molar-refractivity contribution is -0.139. The van der Waals surface area contributed by atoms with Crippen molar-refractivity contribution in [3.8, 4) is 0 Å². The predicted octanol–water partition coefficient (Wildman–Crippen LogP) is 1.92. The number of aliphatic imine (C=N–C) groups is 1. The molecule has 0 spiro atoms. The molecule has 0 bridgehead atoms. The van der Waals surface area contributed by atoms with E-state index in [1.165, 1.54) is 0 Å². The van der Waals surface area contributed by atoms with Crippen LogP contribution in [0.5, 0.6) is 0 Å². The van der Waals surface area contributed by atoms with Crippen LogP contribution in [-0.2, 0) is 20.9 Å². The van der Waals surface area contributed by atoms with Gasteiger partial charge in [0.25, 0.3) is 0 Å². The maximum atomic E-state index is 12.6. The molecule has 0 aromatic heterocycles. The van der Waals surface area contributed by atoms with Crippen LogP contribution in [0.3, 0.4) is 0 Å². The van der Waals surface area contributed by atoms with Gasteiger partial charge in [-0.2, -0.15) is 0 Å². The molecule has 2 aliphatic rings. The van der Waals surface area contributed by atoms with E-state index >= 15 is 0 Å². The number of amidine groups is 1. The van der Waals surface area contributed by atoms with Gasteiger partial charge in [0.05, 0.1) is 12.7 Å². The Bertz CT molecular complexity index is 828. The summed E-state index contributed by atoms with van der Waals surface area (Å²) in [7, 11) is 0. The number of nitrogens with one attached hydrogen (secondary N) is 2. The lowest BCUT2D eigenvalue weighted by Crippen LogP contribution is -2.61. The second-order valence-electron chi connectivity index (χ2n) is 7.33. The maximum Gasteiger partial charge on any atom is 0.408 e. The third kappa shape index (κ3) is 5.10. The van der Waals surface area contributed by atoms with Crippen molar-refractivity contribution in [2.45, 2.75) is 50.9 Å². The van der Waals surface area contributed by atoms with E-state index in [0.717, 1.165) is 5.56 Å². The van der Waals surface area contributed by atoms with E-state index < -0.39 is 23.7 Å². The molecule has 1 amide bonds. The van der Waals surface area contributed by atoms with Gasteiger partial charge in [-0.15, -0.1) is 0 Å². The smallest absolute Gasteiger partial charge is 0.408 e. The van der Waals surface area contributed by atoms with Crippen LogP contribution in [-0.4, -0.2) is 52.9 Å². The fourth-order valence-electron chi connectivity index (χ4n) is 3.58. The van der Waals surface area contributed by atoms with Crippen molar-refractivity contribution in [3.63, 3.8) is 0 Å². The number of ether oxygens (including phenoxy) is 2. The van der Waals surface area contributed by atoms with Crippen molar-refractivity contribution >= 4 is 17.9 Å². The number of carbonyl (C=O) groups excluding carboxylic acids is 2. The number of alkyl carbamates (subject to hydrolysis) is 1. The Kier molecular flexibility index (Phi) is 6.94. The number of aliphatic hydroxyl groups excluding tert-OH is 2. The number of benzene rings is 1. The molecule has 1 aliphatic heterocycles. The Morgan fingerprint density at radius 2 is 1.93 bits per heavy atom. The van der Waals surface area contributed by atoms with Crippen LogP contribution >= 0.6 is 0 Å². The Hall–Kier alpha value is -3.07. The van der Waals surface area contributed by atoms with Gasteiger partial charge in [0.1, 0.15) is 30.3 Å². The first-order valence-corrected chi connectivity index (χ1v) is 10.0. The minimum absolute atomic E-state index is 0.0909. The number of aliphatic hydroxyl groups is 2. The van der Waals surface area contributed by atoms with E-state index in [9.17, 15) is 19.8 Å². The SMILES string of the molecule is CCOC(=O)C1=C(O)CN=C(C2(NC(=O)OCc3ccccc3)CCC(O)CC2)N1. The molecule has 1 aliphatic carbocycles. The molecule has 0 unspecified atom stereocenters. The zero-order valence-corrected chi connectivity index (χ0v) is 16.9. The number of hydrogen-bond donors (Lipinski definition) is 4. The Morgan fingerprint density at radius 3 is 2.60 bits per heavy atom. The van der Waals surface area contributed by atoms with Gasteiger partial charge in [-0.25, -0.2) is 9.59 Å². The standard InChI is InChI=1S/C21H27N3O6/c1-2-29-18(27)17-16(26)12-22-19(23-17)21(10-8-15(25)9-11-21)24-20(28)30-13-14-6-4-3-5-7-14/h3-7,15,25-26H,2,8-13H2,1H3,(H,22,23)(H,24,28). The van der Waals surface area contributed by atoms with Gasteiger partial charge in [0.15, 0.2) is 5.70 Å². The van der Waals surface area contributed by atoms with E-state index in [-0.39, 0.29) is 31.2 Å². The second kappa shape index (κ2) is 9.62. The minimum Gasteiger partial charge on any atom is -0.508 e. The van der Waals surface area contributed by atoms with Crippen LogP contribution in [0.1, 0.15) is 38.2 Å². The third-order valence-corrected chi connectivity index (χ3v) is 5.21. The number of rotatable bonds is 6. The highest BCUT2D eigenvalue weighted by Crippen LogP contribution is 2.31. The van der Waals surface area contributed by atoms with Crippen LogP contribution in [0.15, 0.2) is 46.8 Å². The molecule has 4 N–H and O–H groups in total. The number of nitrogens with zero attached hydrogens (tertiary/aromatic N) is 1. The van der Waals surface area contributed by atoms with Crippen LogP contribution in [0.2, 0.25) is 0 Å². The second-order valence-corrected chi connectivity index (χ2v) is 7.33. The van der Waals surface area contributed by atoms with Crippen LogP contribution in [0.4, 0.5) is 4.79 Å². The average molecular weight is 417 g/mol. The molecule has 1 heterocycles. The molecule has 0 atom stereocenters. The first-order valence-electron chi connectivity index (χ1n) is 10.0. The van der Waals surface area contributed by atoms with Gasteiger partial charge in [0.2, 0.25) is 0 Å². The van der Waals surface area contributed by atoms with Gasteiger partial charge >= 0.3 is 12.1 Å². The van der Waals surface area contributed by atoms with Crippen molar-refractivity contribution in [2.24, 2.45) is 4.99 Å². The summed E-state index contributed by atoms with van der Waals surface area (Å²) in [5, 5.41) is 25.7. The Labute approximate surface area is 174 Å². The number of carbonyl (C=O) groups is 2. The van der Waals surface area contributed by atoms with E-state index in [4.69, 9.17) is 9.47 Å². The van der Waals surface area contributed by atoms with Crippen molar-refractivity contribution in [3.05, 3.63) is 47.4 Å². The number of amides is 1. The summed E-state index contributed by atoms with van der Waals surface area (Å²) >= 11 is 0. The summed E-state index contributed by atoms with van der Waals surface area (Å²) in [5.41, 5.74) is -0.191. The molecule has 1 saturated carbocycles. The molecule has 9 heteroatoms. The van der Waals surface area contributed by atoms with E-state index in [1.54, 1.807) is 6.92 Å². The molecule has 1 aromatic rings. The molecular formula is C21H27N3O6. The lowest BCUT2D eigenvalue weighted by atomic mass is 9.79. The first kappa shape index (κ1) is 21.6. The average Bonchev–Trinajstić information content (AvgIpc) is 2.75. The van der Waals surface area contributed by atoms with Gasteiger partial charge in [0, 0.05) is 0 Å². The summed E-state index contributed by atoms with van der Waals surface area (Å²) in [6, 6.07) is 9.30. The van der Waals surface area contributed by atoms with Crippen LogP contribution in [0, 0.1) is 0 Å². The minimum atomic E-state index is -0.953. The largest absolute Gasteiger partial charge is 0.508 e. The van der Waals surface area contributed by atoms with Gasteiger partial charge in [-0.3, -0.25) is 4.99 Å². The maximum absolute atomic E-state index is 12.6. The molecule has 0 radical (unpaired) electrons. The number of hydrogen-bond acceptors (Lipinski definition) is 8. The summed E-state index contributed by atoms with van der Waals surface area (Å²) in [5.74, 6) is -0.582. The summed E-state index contributed by atoms with van der Waals surface area (Å²) < 4.78 is 10.3. The van der Waals surface area contributed by atoms with E-state index in [1.807, 2.05) is 30.3 Å². The van der Waals surface area contributed by atoms with Gasteiger partial charge in [-0.1, -0.05) is 30.3 Å². The van der Waals surface area contributed by atoms with Crippen LogP contribution < -0.4 is 10.6 Å². The van der Waals surface area contributed by atoms with Crippen molar-refractivity contribution in [1.29, 1.82) is 0 Å². The molecule has 1 fully saturated rings. The summed E-state index contributed by atoms with van der Waals surface area (Å²) in [4.78, 5) is 29.1. The quantitative estimate of drug-likeness (QED) is 0.520. The molecule has 30 heavy (non-hydrogen) atoms.